The highest BCUT2D eigenvalue weighted by Gasteiger charge is 2.52. The van der Waals surface area contributed by atoms with Crippen molar-refractivity contribution >= 4 is 0 Å². The van der Waals surface area contributed by atoms with Gasteiger partial charge in [0.2, 0.25) is 0 Å². The maximum atomic E-state index is 9.34. The van der Waals surface area contributed by atoms with E-state index in [1.807, 2.05) is 0 Å². The fraction of sp³-hybridized carbons (Fsp3) is 0.950. The van der Waals surface area contributed by atoms with E-state index in [4.69, 9.17) is 0 Å². The van der Waals surface area contributed by atoms with E-state index in [9.17, 15) is 5.26 Å². The molecular weight excluding hydrogens is 254 g/mol. The van der Waals surface area contributed by atoms with Crippen LogP contribution >= 0.6 is 0 Å². The summed E-state index contributed by atoms with van der Waals surface area (Å²) in [6.45, 7) is 4.51. The normalized spacial score (nSPS) is 46.2. The van der Waals surface area contributed by atoms with Gasteiger partial charge < -0.3 is 0 Å². The van der Waals surface area contributed by atoms with Crippen molar-refractivity contribution in [3.63, 3.8) is 0 Å². The smallest absolute Gasteiger partial charge is 0.0686 e. The Kier molecular flexibility index (Phi) is 4.10. The standard InChI is InChI=1S/C20H33N/c1-3-4-7-19-10-13-20(14-11-19,15-12-19)17-5-8-18(2,16-21)9-6-17/h17H,3-15H2,1-2H3. The van der Waals surface area contributed by atoms with Gasteiger partial charge in [0.15, 0.2) is 0 Å². The van der Waals surface area contributed by atoms with Crippen LogP contribution in [0.2, 0.25) is 0 Å². The molecule has 118 valence electrons. The topological polar surface area (TPSA) is 23.8 Å². The third-order valence-electron chi connectivity index (χ3n) is 7.75. The first-order valence-electron chi connectivity index (χ1n) is 9.47. The Labute approximate surface area is 131 Å². The van der Waals surface area contributed by atoms with Crippen LogP contribution in [0, 0.1) is 33.5 Å². The molecule has 0 heterocycles. The Hall–Kier alpha value is -0.510. The van der Waals surface area contributed by atoms with Gasteiger partial charge in [0.05, 0.1) is 11.5 Å². The van der Waals surface area contributed by atoms with Crippen molar-refractivity contribution in [2.45, 2.75) is 97.3 Å². The van der Waals surface area contributed by atoms with Crippen LogP contribution in [0.5, 0.6) is 0 Å². The van der Waals surface area contributed by atoms with E-state index in [0.717, 1.165) is 24.2 Å². The molecule has 21 heavy (non-hydrogen) atoms. The van der Waals surface area contributed by atoms with Gasteiger partial charge in [-0.15, -0.1) is 0 Å². The lowest BCUT2D eigenvalue weighted by atomic mass is 9.47. The first kappa shape index (κ1) is 15.4. The summed E-state index contributed by atoms with van der Waals surface area (Å²) in [5.74, 6) is 0.934. The number of rotatable bonds is 4. The molecule has 1 nitrogen and oxygen atoms in total. The number of hydrogen-bond donors (Lipinski definition) is 0. The molecule has 0 N–H and O–H groups in total. The Morgan fingerprint density at radius 3 is 2.00 bits per heavy atom. The van der Waals surface area contributed by atoms with Crippen LogP contribution in [0.25, 0.3) is 0 Å². The summed E-state index contributed by atoms with van der Waals surface area (Å²) in [6.07, 6.45) is 18.3. The molecule has 4 aliphatic carbocycles. The summed E-state index contributed by atoms with van der Waals surface area (Å²) in [6, 6.07) is 2.57. The lowest BCUT2D eigenvalue weighted by molar-refractivity contribution is -0.0675. The summed E-state index contributed by atoms with van der Waals surface area (Å²) in [5.41, 5.74) is 1.42. The van der Waals surface area contributed by atoms with Gasteiger partial charge in [-0.3, -0.25) is 0 Å². The lowest BCUT2D eigenvalue weighted by Crippen LogP contribution is -2.46. The van der Waals surface area contributed by atoms with Crippen molar-refractivity contribution in [3.05, 3.63) is 0 Å². The molecule has 0 atom stereocenters. The zero-order valence-electron chi connectivity index (χ0n) is 14.2. The summed E-state index contributed by atoms with van der Waals surface area (Å²) < 4.78 is 0. The van der Waals surface area contributed by atoms with E-state index in [-0.39, 0.29) is 5.41 Å². The minimum atomic E-state index is -0.0125. The molecule has 0 spiro atoms. The highest BCUT2D eigenvalue weighted by Crippen LogP contribution is 2.64. The van der Waals surface area contributed by atoms with Gasteiger partial charge in [0.1, 0.15) is 0 Å². The second kappa shape index (κ2) is 5.60. The number of nitriles is 1. The van der Waals surface area contributed by atoms with Crippen molar-refractivity contribution in [1.82, 2.24) is 0 Å². The molecule has 0 unspecified atom stereocenters. The minimum Gasteiger partial charge on any atom is -0.198 e. The van der Waals surface area contributed by atoms with Gasteiger partial charge in [-0.2, -0.15) is 5.26 Å². The van der Waals surface area contributed by atoms with Gasteiger partial charge >= 0.3 is 0 Å². The second-order valence-corrected chi connectivity index (χ2v) is 8.91. The molecule has 0 amide bonds. The lowest BCUT2D eigenvalue weighted by Gasteiger charge is -2.58. The van der Waals surface area contributed by atoms with Gasteiger partial charge in [0, 0.05) is 0 Å². The Balaban J connectivity index is 1.61. The predicted molar refractivity (Wildman–Crippen MR) is 87.8 cm³/mol. The summed E-state index contributed by atoms with van der Waals surface area (Å²) in [7, 11) is 0. The molecule has 4 aliphatic rings. The third-order valence-corrected chi connectivity index (χ3v) is 7.75. The minimum absolute atomic E-state index is 0.0125. The molecule has 0 saturated heterocycles. The highest BCUT2D eigenvalue weighted by molar-refractivity contribution is 5.05. The third kappa shape index (κ3) is 2.76. The average molecular weight is 287 g/mol. The van der Waals surface area contributed by atoms with Crippen molar-refractivity contribution in [3.8, 4) is 6.07 Å². The van der Waals surface area contributed by atoms with Crippen molar-refractivity contribution in [2.24, 2.45) is 22.2 Å². The number of unbranched alkanes of at least 4 members (excludes halogenated alkanes) is 1. The maximum Gasteiger partial charge on any atom is 0.0686 e. The highest BCUT2D eigenvalue weighted by atomic mass is 14.6. The fourth-order valence-electron chi connectivity index (χ4n) is 5.81. The summed E-state index contributed by atoms with van der Waals surface area (Å²) in [5, 5.41) is 9.34. The van der Waals surface area contributed by atoms with Crippen LogP contribution in [0.1, 0.15) is 97.3 Å². The van der Waals surface area contributed by atoms with Crippen molar-refractivity contribution in [2.75, 3.05) is 0 Å². The first-order chi connectivity index (χ1) is 10.1. The van der Waals surface area contributed by atoms with E-state index in [0.29, 0.717) is 5.41 Å². The van der Waals surface area contributed by atoms with Crippen LogP contribution in [-0.4, -0.2) is 0 Å². The van der Waals surface area contributed by atoms with Crippen LogP contribution in [0.3, 0.4) is 0 Å². The maximum absolute atomic E-state index is 9.34. The SMILES string of the molecule is CCCCC12CCC(C3CCC(C)(C#N)CC3)(CC1)CC2. The second-order valence-electron chi connectivity index (χ2n) is 8.91. The molecule has 0 aliphatic heterocycles. The van der Waals surface area contributed by atoms with Gasteiger partial charge in [-0.05, 0) is 94.3 Å². The van der Waals surface area contributed by atoms with Gasteiger partial charge in [-0.1, -0.05) is 19.8 Å². The predicted octanol–water partition coefficient (Wildman–Crippen LogP) is 6.24. The summed E-state index contributed by atoms with van der Waals surface area (Å²) in [4.78, 5) is 0. The van der Waals surface area contributed by atoms with Crippen LogP contribution in [-0.2, 0) is 0 Å². The molecule has 0 aromatic carbocycles. The molecule has 0 aromatic heterocycles. The number of hydrogen-bond acceptors (Lipinski definition) is 1. The number of nitrogens with zero attached hydrogens (tertiary/aromatic N) is 1. The molecular formula is C20H33N. The van der Waals surface area contributed by atoms with Crippen LogP contribution in [0.4, 0.5) is 0 Å². The molecule has 4 saturated carbocycles. The molecule has 0 radical (unpaired) electrons. The monoisotopic (exact) mass is 287 g/mol. The average Bonchev–Trinajstić information content (AvgIpc) is 2.55. The van der Waals surface area contributed by atoms with Gasteiger partial charge in [0.25, 0.3) is 0 Å². The van der Waals surface area contributed by atoms with E-state index in [1.54, 1.807) is 0 Å². The van der Waals surface area contributed by atoms with E-state index >= 15 is 0 Å². The largest absolute Gasteiger partial charge is 0.198 e. The fourth-order valence-corrected chi connectivity index (χ4v) is 5.81. The van der Waals surface area contributed by atoms with Gasteiger partial charge in [-0.25, -0.2) is 0 Å². The van der Waals surface area contributed by atoms with Crippen LogP contribution in [0.15, 0.2) is 0 Å². The molecule has 4 rings (SSSR count). The van der Waals surface area contributed by atoms with Crippen molar-refractivity contribution in [1.29, 1.82) is 5.26 Å². The quantitative estimate of drug-likeness (QED) is 0.600. The van der Waals surface area contributed by atoms with E-state index in [2.05, 4.69) is 19.9 Å². The van der Waals surface area contributed by atoms with E-state index in [1.165, 1.54) is 70.6 Å². The first-order valence-corrected chi connectivity index (χ1v) is 9.47. The van der Waals surface area contributed by atoms with E-state index < -0.39 is 0 Å². The molecule has 1 heteroatoms. The Morgan fingerprint density at radius 2 is 1.52 bits per heavy atom. The molecule has 0 aromatic rings. The molecule has 4 fully saturated rings. The van der Waals surface area contributed by atoms with Crippen LogP contribution < -0.4 is 0 Å². The Morgan fingerprint density at radius 1 is 0.952 bits per heavy atom. The van der Waals surface area contributed by atoms with Crippen molar-refractivity contribution < 1.29 is 0 Å². The summed E-state index contributed by atoms with van der Waals surface area (Å²) >= 11 is 0. The number of fused-ring (bicyclic) bond motifs is 3. The molecule has 2 bridgehead atoms. The zero-order valence-corrected chi connectivity index (χ0v) is 14.2. The zero-order chi connectivity index (χ0) is 15.0. The Bertz CT molecular complexity index is 384.